The van der Waals surface area contributed by atoms with E-state index in [-0.39, 0.29) is 0 Å². The van der Waals surface area contributed by atoms with E-state index in [0.29, 0.717) is 11.4 Å². The molecular weight excluding hydrogens is 250 g/mol. The van der Waals surface area contributed by atoms with Crippen LogP contribution in [0.5, 0.6) is 0 Å². The number of hydrogen-bond donors (Lipinski definition) is 2. The average Bonchev–Trinajstić information content (AvgIpc) is 2.84. The Kier molecular flexibility index (Phi) is 3.51. The van der Waals surface area contributed by atoms with Crippen molar-refractivity contribution in [2.75, 3.05) is 5.32 Å². The van der Waals surface area contributed by atoms with E-state index in [1.165, 1.54) is 11.0 Å². The van der Waals surface area contributed by atoms with Gasteiger partial charge in [-0.1, -0.05) is 6.07 Å². The highest BCUT2D eigenvalue weighted by Gasteiger charge is 2.09. The summed E-state index contributed by atoms with van der Waals surface area (Å²) in [4.78, 5) is 21.8. The molecule has 0 aliphatic carbocycles. The van der Waals surface area contributed by atoms with Crippen molar-refractivity contribution in [3.05, 3.63) is 30.1 Å². The minimum Gasteiger partial charge on any atom is -0.481 e. The molecule has 1 aromatic carbocycles. The molecule has 2 rings (SSSR count). The zero-order chi connectivity index (χ0) is 13.8. The van der Waals surface area contributed by atoms with Gasteiger partial charge in [0.1, 0.15) is 12.7 Å². The Morgan fingerprint density at radius 1 is 1.42 bits per heavy atom. The lowest BCUT2D eigenvalue weighted by molar-refractivity contribution is -0.139. The normalized spacial score (nSPS) is 10.2. The van der Waals surface area contributed by atoms with E-state index in [9.17, 15) is 9.59 Å². The number of aryl methyl sites for hydroxylation is 1. The summed E-state index contributed by atoms with van der Waals surface area (Å²) in [7, 11) is 0. The Morgan fingerprint density at radius 2 is 2.21 bits per heavy atom. The minimum atomic E-state index is -1.18. The molecule has 0 saturated carbocycles. The van der Waals surface area contributed by atoms with Crippen LogP contribution in [0.15, 0.2) is 24.5 Å². The van der Waals surface area contributed by atoms with Crippen molar-refractivity contribution in [2.24, 2.45) is 0 Å². The monoisotopic (exact) mass is 261 g/mol. The number of amides is 1. The maximum Gasteiger partial charge on any atom is 0.312 e. The molecule has 2 aromatic rings. The molecule has 19 heavy (non-hydrogen) atoms. The highest BCUT2D eigenvalue weighted by Crippen LogP contribution is 2.18. The van der Waals surface area contributed by atoms with Crippen LogP contribution in [0.25, 0.3) is 5.69 Å². The largest absolute Gasteiger partial charge is 0.481 e. The van der Waals surface area contributed by atoms with Gasteiger partial charge in [-0.05, 0) is 35.0 Å². The number of carboxylic acid groups (broad SMARTS) is 1. The number of rotatable bonds is 4. The number of carboxylic acids is 1. The molecule has 0 spiro atoms. The Morgan fingerprint density at radius 3 is 2.84 bits per heavy atom. The predicted octanol–water partition coefficient (Wildman–Crippen LogP) is 0.384. The first-order valence-corrected chi connectivity index (χ1v) is 5.42. The lowest BCUT2D eigenvalue weighted by Gasteiger charge is -2.08. The Bertz CT molecular complexity index is 609. The quantitative estimate of drug-likeness (QED) is 0.770. The van der Waals surface area contributed by atoms with Crippen molar-refractivity contribution >= 4 is 17.6 Å². The number of carbonyl (C=O) groups is 2. The van der Waals surface area contributed by atoms with Gasteiger partial charge in [0.2, 0.25) is 5.91 Å². The van der Waals surface area contributed by atoms with E-state index >= 15 is 0 Å². The van der Waals surface area contributed by atoms with Crippen molar-refractivity contribution in [2.45, 2.75) is 13.3 Å². The Labute approximate surface area is 108 Å². The van der Waals surface area contributed by atoms with Gasteiger partial charge in [0.25, 0.3) is 0 Å². The lowest BCUT2D eigenvalue weighted by Crippen LogP contribution is -2.16. The maximum atomic E-state index is 11.4. The number of hydrogen-bond acceptors (Lipinski definition) is 5. The van der Waals surface area contributed by atoms with Crippen molar-refractivity contribution in [1.82, 2.24) is 20.2 Å². The summed E-state index contributed by atoms with van der Waals surface area (Å²) in [5.74, 6) is -1.76. The van der Waals surface area contributed by atoms with Crippen LogP contribution in [0.3, 0.4) is 0 Å². The molecule has 2 N–H and O–H groups in total. The number of aliphatic carboxylic acids is 1. The zero-order valence-electron chi connectivity index (χ0n) is 10.1. The van der Waals surface area contributed by atoms with Crippen molar-refractivity contribution in [1.29, 1.82) is 0 Å². The second kappa shape index (κ2) is 5.25. The summed E-state index contributed by atoms with van der Waals surface area (Å²) in [6.07, 6.45) is 0.860. The van der Waals surface area contributed by atoms with E-state index in [0.717, 1.165) is 5.56 Å². The topological polar surface area (TPSA) is 110 Å². The molecule has 0 radical (unpaired) electrons. The second-order valence-electron chi connectivity index (χ2n) is 3.87. The highest BCUT2D eigenvalue weighted by atomic mass is 16.4. The van der Waals surface area contributed by atoms with Crippen LogP contribution in [-0.4, -0.2) is 37.2 Å². The predicted molar refractivity (Wildman–Crippen MR) is 64.8 cm³/mol. The molecule has 0 fully saturated rings. The summed E-state index contributed by atoms with van der Waals surface area (Å²) in [5, 5.41) is 21.9. The summed E-state index contributed by atoms with van der Waals surface area (Å²) < 4.78 is 1.46. The molecule has 8 heteroatoms. The molecule has 98 valence electrons. The number of carbonyl (C=O) groups excluding carboxylic acids is 1. The average molecular weight is 261 g/mol. The van der Waals surface area contributed by atoms with E-state index in [1.54, 1.807) is 18.2 Å². The fourth-order valence-corrected chi connectivity index (χ4v) is 1.55. The van der Waals surface area contributed by atoms with Gasteiger partial charge in [-0.2, -0.15) is 0 Å². The summed E-state index contributed by atoms with van der Waals surface area (Å²) in [6, 6.07) is 5.14. The van der Waals surface area contributed by atoms with Gasteiger partial charge in [0.15, 0.2) is 0 Å². The number of aromatic nitrogens is 4. The Balaban J connectivity index is 2.22. The van der Waals surface area contributed by atoms with Gasteiger partial charge in [-0.15, -0.1) is 5.10 Å². The fourth-order valence-electron chi connectivity index (χ4n) is 1.55. The molecule has 0 unspecified atom stereocenters. The van der Waals surface area contributed by atoms with Gasteiger partial charge < -0.3 is 10.4 Å². The molecule has 0 aliphatic rings. The van der Waals surface area contributed by atoms with Crippen LogP contribution < -0.4 is 5.32 Å². The van der Waals surface area contributed by atoms with Crippen LogP contribution in [0.4, 0.5) is 5.69 Å². The standard InChI is InChI=1S/C11H11N5O3/c1-7-2-3-8(13-10(17)5-11(18)19)4-9(7)16-6-12-14-15-16/h2-4,6H,5H2,1H3,(H,13,17)(H,18,19). The molecule has 1 aromatic heterocycles. The van der Waals surface area contributed by atoms with Crippen LogP contribution in [0.1, 0.15) is 12.0 Å². The van der Waals surface area contributed by atoms with Gasteiger partial charge in [0, 0.05) is 5.69 Å². The zero-order valence-corrected chi connectivity index (χ0v) is 10.1. The molecular formula is C11H11N5O3. The third-order valence-corrected chi connectivity index (χ3v) is 2.40. The number of nitrogens with zero attached hydrogens (tertiary/aromatic N) is 4. The van der Waals surface area contributed by atoms with E-state index < -0.39 is 18.3 Å². The minimum absolute atomic E-state index is 0.488. The van der Waals surface area contributed by atoms with E-state index in [2.05, 4.69) is 20.8 Å². The second-order valence-corrected chi connectivity index (χ2v) is 3.87. The van der Waals surface area contributed by atoms with Crippen LogP contribution in [0.2, 0.25) is 0 Å². The van der Waals surface area contributed by atoms with Crippen LogP contribution in [0, 0.1) is 6.92 Å². The lowest BCUT2D eigenvalue weighted by atomic mass is 10.2. The van der Waals surface area contributed by atoms with Gasteiger partial charge >= 0.3 is 5.97 Å². The van der Waals surface area contributed by atoms with Crippen LogP contribution in [-0.2, 0) is 9.59 Å². The van der Waals surface area contributed by atoms with Crippen LogP contribution >= 0.6 is 0 Å². The molecule has 0 aliphatic heterocycles. The molecule has 1 heterocycles. The summed E-state index contributed by atoms with van der Waals surface area (Å²) in [5.41, 5.74) is 2.11. The first-order valence-electron chi connectivity index (χ1n) is 5.42. The first kappa shape index (κ1) is 12.7. The van der Waals surface area contributed by atoms with E-state index in [4.69, 9.17) is 5.11 Å². The number of tetrazole rings is 1. The summed E-state index contributed by atoms with van der Waals surface area (Å²) >= 11 is 0. The fraction of sp³-hybridized carbons (Fsp3) is 0.182. The van der Waals surface area contributed by atoms with E-state index in [1.807, 2.05) is 6.92 Å². The Hall–Kier alpha value is -2.77. The molecule has 0 atom stereocenters. The third-order valence-electron chi connectivity index (χ3n) is 2.40. The number of anilines is 1. The first-order chi connectivity index (χ1) is 9.06. The molecule has 1 amide bonds. The van der Waals surface area contributed by atoms with Crippen molar-refractivity contribution in [3.8, 4) is 5.69 Å². The van der Waals surface area contributed by atoms with Crippen molar-refractivity contribution < 1.29 is 14.7 Å². The highest BCUT2D eigenvalue weighted by molar-refractivity contribution is 6.01. The van der Waals surface area contributed by atoms with Gasteiger partial charge in [0.05, 0.1) is 5.69 Å². The third kappa shape index (κ3) is 3.12. The SMILES string of the molecule is Cc1ccc(NC(=O)CC(=O)O)cc1-n1cnnn1. The molecule has 8 nitrogen and oxygen atoms in total. The number of nitrogens with one attached hydrogen (secondary N) is 1. The molecule has 0 bridgehead atoms. The number of benzene rings is 1. The van der Waals surface area contributed by atoms with Gasteiger partial charge in [-0.25, -0.2) is 4.68 Å². The maximum absolute atomic E-state index is 11.4. The van der Waals surface area contributed by atoms with Gasteiger partial charge in [-0.3, -0.25) is 9.59 Å². The summed E-state index contributed by atoms with van der Waals surface area (Å²) in [6.45, 7) is 1.87. The van der Waals surface area contributed by atoms with Crippen molar-refractivity contribution in [3.63, 3.8) is 0 Å². The molecule has 0 saturated heterocycles. The smallest absolute Gasteiger partial charge is 0.312 e.